The molecule has 4 aliphatic rings. The zero-order chi connectivity index (χ0) is 41.6. The number of carboxylic acid groups (broad SMARTS) is 1. The number of halogens is 1. The van der Waals surface area contributed by atoms with Crippen LogP contribution in [0.25, 0.3) is 11.3 Å². The third-order valence-electron chi connectivity index (χ3n) is 11.5. The normalized spacial score (nSPS) is 20.3. The van der Waals surface area contributed by atoms with Gasteiger partial charge in [-0.05, 0) is 82.2 Å². The Labute approximate surface area is 344 Å². The van der Waals surface area contributed by atoms with Crippen LogP contribution < -0.4 is 26.6 Å². The van der Waals surface area contributed by atoms with E-state index in [1.807, 2.05) is 7.05 Å². The molecular formula is C39H50FN11O7S. The predicted molar refractivity (Wildman–Crippen MR) is 212 cm³/mol. The summed E-state index contributed by atoms with van der Waals surface area (Å²) in [5.74, 6) is -1.28. The van der Waals surface area contributed by atoms with Gasteiger partial charge >= 0.3 is 6.09 Å². The van der Waals surface area contributed by atoms with E-state index in [0.29, 0.717) is 74.6 Å². The topological polar surface area (TPSA) is 233 Å². The zero-order valence-electron chi connectivity index (χ0n) is 32.9. The van der Waals surface area contributed by atoms with Gasteiger partial charge in [0, 0.05) is 60.2 Å². The molecule has 2 aliphatic carbocycles. The van der Waals surface area contributed by atoms with E-state index in [-0.39, 0.29) is 80.4 Å². The van der Waals surface area contributed by atoms with Crippen molar-refractivity contribution in [2.45, 2.75) is 102 Å². The van der Waals surface area contributed by atoms with Crippen LogP contribution in [0.4, 0.5) is 15.1 Å². The molecule has 18 nitrogen and oxygen atoms in total. The van der Waals surface area contributed by atoms with Crippen LogP contribution in [0.5, 0.6) is 0 Å². The number of anilines is 1. The fourth-order valence-corrected chi connectivity index (χ4v) is 8.97. The molecule has 3 aromatic rings. The second-order valence-corrected chi connectivity index (χ2v) is 16.7. The largest absolute Gasteiger partial charge is 0.465 e. The van der Waals surface area contributed by atoms with E-state index >= 15 is 0 Å². The lowest BCUT2D eigenvalue weighted by molar-refractivity contribution is -0.137. The number of hydrogen-bond acceptors (Lipinski definition) is 12. The van der Waals surface area contributed by atoms with Gasteiger partial charge in [-0.3, -0.25) is 38.9 Å². The highest BCUT2D eigenvalue weighted by Crippen LogP contribution is 2.36. The van der Waals surface area contributed by atoms with Gasteiger partial charge in [0.05, 0.1) is 31.0 Å². The number of unbranched alkanes of at least 4 members (excludes halogenated alkanes) is 1. The first kappa shape index (κ1) is 41.7. The highest BCUT2D eigenvalue weighted by Gasteiger charge is 2.40. The number of aromatic nitrogens is 4. The van der Waals surface area contributed by atoms with E-state index in [0.717, 1.165) is 41.6 Å². The van der Waals surface area contributed by atoms with Crippen LogP contribution in [-0.2, 0) is 45.7 Å². The predicted octanol–water partition coefficient (Wildman–Crippen LogP) is 2.30. The summed E-state index contributed by atoms with van der Waals surface area (Å²) in [5.41, 5.74) is 3.13. The Morgan fingerprint density at radius 2 is 1.78 bits per heavy atom. The molecule has 1 saturated heterocycles. The molecule has 1 unspecified atom stereocenters. The van der Waals surface area contributed by atoms with Gasteiger partial charge in [0.1, 0.15) is 18.3 Å². The second-order valence-electron chi connectivity index (χ2n) is 15.7. The van der Waals surface area contributed by atoms with Crippen molar-refractivity contribution in [1.29, 1.82) is 0 Å². The van der Waals surface area contributed by atoms with E-state index in [4.69, 9.17) is 0 Å². The number of amides is 6. The van der Waals surface area contributed by atoms with Crippen LogP contribution in [0.15, 0.2) is 17.8 Å². The molecule has 6 N–H and O–H groups in total. The number of fused-ring (bicyclic) bond motifs is 1. The number of carbonyl (C=O) groups is 6. The Hall–Kier alpha value is -5.50. The molecule has 0 spiro atoms. The number of rotatable bonds is 18. The number of nitrogens with zero attached hydrogens (tertiary/aromatic N) is 6. The monoisotopic (exact) mass is 835 g/mol. The maximum atomic E-state index is 14.9. The Bertz CT molecular complexity index is 2080. The summed E-state index contributed by atoms with van der Waals surface area (Å²) in [6, 6.07) is -1.06. The molecule has 2 saturated carbocycles. The van der Waals surface area contributed by atoms with Crippen LogP contribution in [-0.4, -0.2) is 115 Å². The Kier molecular flexibility index (Phi) is 13.1. The lowest BCUT2D eigenvalue weighted by Gasteiger charge is -2.35. The van der Waals surface area contributed by atoms with Crippen molar-refractivity contribution in [1.82, 2.24) is 50.8 Å². The fraction of sp³-hybridized carbons (Fsp3) is 0.564. The van der Waals surface area contributed by atoms with Crippen LogP contribution in [0.2, 0.25) is 0 Å². The summed E-state index contributed by atoms with van der Waals surface area (Å²) in [6.45, 7) is 1.19. The molecular weight excluding hydrogens is 786 g/mol. The molecule has 3 aromatic heterocycles. The number of piperidine rings is 1. The van der Waals surface area contributed by atoms with Gasteiger partial charge in [-0.25, -0.2) is 19.2 Å². The minimum Gasteiger partial charge on any atom is -0.465 e. The maximum absolute atomic E-state index is 14.9. The Morgan fingerprint density at radius 3 is 2.53 bits per heavy atom. The molecule has 0 bridgehead atoms. The second kappa shape index (κ2) is 18.6. The van der Waals surface area contributed by atoms with Crippen molar-refractivity contribution in [3.8, 4) is 11.3 Å². The Balaban J connectivity index is 0.766. The highest BCUT2D eigenvalue weighted by atomic mass is 32.1. The molecule has 5 heterocycles. The summed E-state index contributed by atoms with van der Waals surface area (Å²) in [5, 5.41) is 30.4. The number of imide groups is 1. The molecule has 1 atom stereocenters. The summed E-state index contributed by atoms with van der Waals surface area (Å²) in [6.07, 6.45) is 8.88. The Morgan fingerprint density at radius 1 is 1.00 bits per heavy atom. The average Bonchev–Trinajstić information content (AvgIpc) is 3.71. The number of carbonyl (C=O) groups excluding carboxylic acids is 5. The number of nitrogens with one attached hydrogen (secondary N) is 5. The van der Waals surface area contributed by atoms with Crippen LogP contribution >= 0.6 is 11.3 Å². The van der Waals surface area contributed by atoms with Crippen LogP contribution in [0.1, 0.15) is 90.7 Å². The zero-order valence-corrected chi connectivity index (χ0v) is 33.7. The standard InChI is InChI=1S/C39H50FN11O7S/c1-49-30(14-22-4-5-22)25(15-45-49)35-28(40)16-44-38(48-35)46-23-6-8-24(9-7-23)50(39(57)58)20-34(54)42-13-3-2-12-41-18-33(53)43-17-31-26-19-51(37(56)27(26)21-59-31)29-10-11-32(52)47-36(29)55/h15-16,21-24,29,41H,2-14,17-20H2,1H3,(H,42,54)(H,43,53)(H,57,58)(H,44,46,48)(H,47,52,55)/t23-,24-,29?. The van der Waals surface area contributed by atoms with Gasteiger partial charge in [0.15, 0.2) is 5.82 Å². The third-order valence-corrected chi connectivity index (χ3v) is 12.5. The van der Waals surface area contributed by atoms with Crippen molar-refractivity contribution >= 4 is 52.9 Å². The smallest absolute Gasteiger partial charge is 0.408 e. The average molecular weight is 836 g/mol. The van der Waals surface area contributed by atoms with Gasteiger partial charge in [-0.2, -0.15) is 5.10 Å². The molecule has 2 aliphatic heterocycles. The van der Waals surface area contributed by atoms with Crippen LogP contribution in [0, 0.1) is 11.7 Å². The highest BCUT2D eigenvalue weighted by molar-refractivity contribution is 7.10. The minimum atomic E-state index is -1.16. The molecule has 6 amide bonds. The molecule has 0 aromatic carbocycles. The van der Waals surface area contributed by atoms with Crippen molar-refractivity contribution in [3.05, 3.63) is 45.3 Å². The summed E-state index contributed by atoms with van der Waals surface area (Å²) < 4.78 is 16.7. The minimum absolute atomic E-state index is 0.0397. The molecule has 316 valence electrons. The first-order chi connectivity index (χ1) is 28.4. The van der Waals surface area contributed by atoms with Gasteiger partial charge < -0.3 is 31.3 Å². The lowest BCUT2D eigenvalue weighted by Crippen LogP contribution is -2.52. The van der Waals surface area contributed by atoms with E-state index in [9.17, 15) is 38.3 Å². The molecule has 7 rings (SSSR count). The van der Waals surface area contributed by atoms with E-state index in [2.05, 4.69) is 41.7 Å². The SMILES string of the molecule is Cn1ncc(-c2nc(N[C@H]3CC[C@H](N(CC(=O)NCCCCNCC(=O)NCc4scc5c4CN(C4CCC(=O)NC4=O)C5=O)C(=O)O)CC3)ncc2F)c1CC1CC1. The summed E-state index contributed by atoms with van der Waals surface area (Å²) >= 11 is 1.38. The number of hydrogen-bond donors (Lipinski definition) is 6. The molecule has 3 fully saturated rings. The molecule has 59 heavy (non-hydrogen) atoms. The van der Waals surface area contributed by atoms with Gasteiger partial charge in [-0.15, -0.1) is 11.3 Å². The van der Waals surface area contributed by atoms with Gasteiger partial charge in [0.2, 0.25) is 29.6 Å². The van der Waals surface area contributed by atoms with Crippen molar-refractivity contribution < 1.29 is 38.3 Å². The van der Waals surface area contributed by atoms with Gasteiger partial charge in [-0.1, -0.05) is 0 Å². The maximum Gasteiger partial charge on any atom is 0.408 e. The number of thiophene rings is 1. The first-order valence-corrected chi connectivity index (χ1v) is 21.1. The lowest BCUT2D eigenvalue weighted by atomic mass is 9.90. The summed E-state index contributed by atoms with van der Waals surface area (Å²) in [7, 11) is 1.85. The quantitative estimate of drug-likeness (QED) is 0.0801. The van der Waals surface area contributed by atoms with E-state index < -0.39 is 23.9 Å². The fourth-order valence-electron chi connectivity index (χ4n) is 8.00. The van der Waals surface area contributed by atoms with Crippen molar-refractivity contribution in [2.24, 2.45) is 13.0 Å². The number of aryl methyl sites for hydroxylation is 1. The van der Waals surface area contributed by atoms with Crippen molar-refractivity contribution in [2.75, 3.05) is 31.5 Å². The van der Waals surface area contributed by atoms with Crippen LogP contribution in [0.3, 0.4) is 0 Å². The van der Waals surface area contributed by atoms with E-state index in [1.54, 1.807) is 16.3 Å². The summed E-state index contributed by atoms with van der Waals surface area (Å²) in [4.78, 5) is 86.4. The van der Waals surface area contributed by atoms with Gasteiger partial charge in [0.25, 0.3) is 5.91 Å². The molecule has 0 radical (unpaired) electrons. The first-order valence-electron chi connectivity index (χ1n) is 20.2. The van der Waals surface area contributed by atoms with E-state index in [1.165, 1.54) is 21.1 Å². The van der Waals surface area contributed by atoms with Crippen molar-refractivity contribution in [3.63, 3.8) is 0 Å². The molecule has 20 heteroatoms. The third kappa shape index (κ3) is 10.2.